The quantitative estimate of drug-likeness (QED) is 0.643. The normalized spacial score (nSPS) is 13.4. The lowest BCUT2D eigenvalue weighted by Crippen LogP contribution is -2.47. The Kier molecular flexibility index (Phi) is 8.33. The first-order valence-corrected chi connectivity index (χ1v) is 10.7. The van der Waals surface area contributed by atoms with E-state index in [0.29, 0.717) is 49.0 Å². The van der Waals surface area contributed by atoms with Crippen LogP contribution in [0.3, 0.4) is 0 Å². The van der Waals surface area contributed by atoms with Crippen molar-refractivity contribution in [3.8, 4) is 17.2 Å². The second-order valence-corrected chi connectivity index (χ2v) is 7.52. The zero-order valence-electron chi connectivity index (χ0n) is 18.9. The van der Waals surface area contributed by atoms with Crippen molar-refractivity contribution < 1.29 is 23.8 Å². The molecule has 8 heteroatoms. The Morgan fingerprint density at radius 2 is 1.62 bits per heavy atom. The highest BCUT2D eigenvalue weighted by atomic mass is 16.5. The van der Waals surface area contributed by atoms with Crippen LogP contribution in [-0.4, -0.2) is 75.7 Å². The summed E-state index contributed by atoms with van der Waals surface area (Å²) in [6.07, 6.45) is 0.252. The Hall–Kier alpha value is -3.26. The highest BCUT2D eigenvalue weighted by molar-refractivity contribution is 5.95. The van der Waals surface area contributed by atoms with E-state index in [0.717, 1.165) is 18.7 Å². The average molecular weight is 442 g/mol. The number of benzene rings is 2. The van der Waals surface area contributed by atoms with Crippen molar-refractivity contribution in [3.63, 3.8) is 0 Å². The van der Waals surface area contributed by atoms with Crippen molar-refractivity contribution in [2.75, 3.05) is 54.1 Å². The van der Waals surface area contributed by atoms with E-state index in [4.69, 9.17) is 14.2 Å². The second-order valence-electron chi connectivity index (χ2n) is 7.52. The third-order valence-corrected chi connectivity index (χ3v) is 5.50. The molecule has 1 fully saturated rings. The second kappa shape index (κ2) is 11.4. The number of carbonyl (C=O) groups is 2. The number of para-hydroxylation sites is 1. The topological polar surface area (TPSA) is 80.3 Å². The van der Waals surface area contributed by atoms with Gasteiger partial charge in [0, 0.05) is 62.9 Å². The van der Waals surface area contributed by atoms with Gasteiger partial charge >= 0.3 is 0 Å². The summed E-state index contributed by atoms with van der Waals surface area (Å²) >= 11 is 0. The molecule has 0 aromatic heterocycles. The summed E-state index contributed by atoms with van der Waals surface area (Å²) in [6.45, 7) is 3.56. The molecule has 0 atom stereocenters. The lowest BCUT2D eigenvalue weighted by atomic mass is 10.1. The summed E-state index contributed by atoms with van der Waals surface area (Å²) in [4.78, 5) is 29.8. The Balaban J connectivity index is 1.83. The van der Waals surface area contributed by atoms with Gasteiger partial charge in [0.25, 0.3) is 5.91 Å². The van der Waals surface area contributed by atoms with E-state index in [9.17, 15) is 9.59 Å². The minimum Gasteiger partial charge on any atom is -0.497 e. The molecule has 0 spiro atoms. The molecule has 1 N–H and O–H groups in total. The van der Waals surface area contributed by atoms with Crippen LogP contribution in [0.5, 0.6) is 17.2 Å². The summed E-state index contributed by atoms with van der Waals surface area (Å²) in [5.41, 5.74) is 1.30. The Morgan fingerprint density at radius 3 is 2.25 bits per heavy atom. The van der Waals surface area contributed by atoms with E-state index in [1.54, 1.807) is 44.4 Å². The molecule has 2 amide bonds. The van der Waals surface area contributed by atoms with Crippen LogP contribution >= 0.6 is 0 Å². The number of nitrogens with one attached hydrogen (secondary N) is 1. The largest absolute Gasteiger partial charge is 0.497 e. The number of piperazine rings is 1. The van der Waals surface area contributed by atoms with Crippen molar-refractivity contribution in [1.29, 1.82) is 0 Å². The summed E-state index contributed by atoms with van der Waals surface area (Å²) < 4.78 is 16.1. The third-order valence-electron chi connectivity index (χ3n) is 5.50. The van der Waals surface area contributed by atoms with Gasteiger partial charge in [-0.05, 0) is 18.2 Å². The molecule has 3 rings (SSSR count). The highest BCUT2D eigenvalue weighted by Crippen LogP contribution is 2.25. The Labute approximate surface area is 189 Å². The molecule has 2 aromatic rings. The number of ether oxygens (including phenoxy) is 3. The van der Waals surface area contributed by atoms with Crippen LogP contribution in [0.1, 0.15) is 22.3 Å². The minimum atomic E-state index is -0.207. The fourth-order valence-electron chi connectivity index (χ4n) is 3.71. The predicted molar refractivity (Wildman–Crippen MR) is 121 cm³/mol. The predicted octanol–water partition coefficient (Wildman–Crippen LogP) is 2.18. The van der Waals surface area contributed by atoms with Crippen LogP contribution in [0.4, 0.5) is 0 Å². The number of amides is 2. The Bertz CT molecular complexity index is 905. The third kappa shape index (κ3) is 5.91. The van der Waals surface area contributed by atoms with Gasteiger partial charge in [-0.1, -0.05) is 18.2 Å². The van der Waals surface area contributed by atoms with E-state index in [1.165, 1.54) is 0 Å². The lowest BCUT2D eigenvalue weighted by molar-refractivity contribution is -0.132. The molecule has 1 saturated heterocycles. The van der Waals surface area contributed by atoms with Crippen LogP contribution in [0.15, 0.2) is 42.5 Å². The molecule has 0 radical (unpaired) electrons. The number of carbonyl (C=O) groups excluding carboxylic acids is 2. The SMILES string of the molecule is COc1cc(OC)cc(C(=O)N(CCC(=O)N2CCNCC2)Cc2ccccc2OC)c1. The van der Waals surface area contributed by atoms with E-state index in [-0.39, 0.29) is 18.2 Å². The first kappa shape index (κ1) is 23.4. The van der Waals surface area contributed by atoms with Crippen LogP contribution in [0.2, 0.25) is 0 Å². The number of hydrogen-bond donors (Lipinski definition) is 1. The van der Waals surface area contributed by atoms with Crippen LogP contribution < -0.4 is 19.5 Å². The van der Waals surface area contributed by atoms with Crippen molar-refractivity contribution in [2.24, 2.45) is 0 Å². The molecule has 0 unspecified atom stereocenters. The molecular formula is C24H31N3O5. The van der Waals surface area contributed by atoms with Gasteiger partial charge in [0.05, 0.1) is 21.3 Å². The lowest BCUT2D eigenvalue weighted by Gasteiger charge is -2.29. The molecule has 1 aliphatic heterocycles. The highest BCUT2D eigenvalue weighted by Gasteiger charge is 2.22. The van der Waals surface area contributed by atoms with Crippen molar-refractivity contribution in [2.45, 2.75) is 13.0 Å². The number of hydrogen-bond acceptors (Lipinski definition) is 6. The van der Waals surface area contributed by atoms with Gasteiger partial charge in [-0.3, -0.25) is 9.59 Å². The molecule has 2 aromatic carbocycles. The maximum absolute atomic E-state index is 13.5. The fourth-order valence-corrected chi connectivity index (χ4v) is 3.71. The maximum Gasteiger partial charge on any atom is 0.254 e. The summed E-state index contributed by atoms with van der Waals surface area (Å²) in [5.74, 6) is 1.60. The van der Waals surface area contributed by atoms with E-state index < -0.39 is 0 Å². The molecule has 0 bridgehead atoms. The summed E-state index contributed by atoms with van der Waals surface area (Å²) in [7, 11) is 4.69. The van der Waals surface area contributed by atoms with Gasteiger partial charge in [0.15, 0.2) is 0 Å². The van der Waals surface area contributed by atoms with Gasteiger partial charge in [0.1, 0.15) is 17.2 Å². The van der Waals surface area contributed by atoms with Gasteiger partial charge in [-0.2, -0.15) is 0 Å². The van der Waals surface area contributed by atoms with Gasteiger partial charge in [0.2, 0.25) is 5.91 Å². The molecule has 8 nitrogen and oxygen atoms in total. The smallest absolute Gasteiger partial charge is 0.254 e. The maximum atomic E-state index is 13.5. The zero-order chi connectivity index (χ0) is 22.9. The Morgan fingerprint density at radius 1 is 0.969 bits per heavy atom. The molecule has 0 aliphatic carbocycles. The summed E-state index contributed by atoms with van der Waals surface area (Å²) in [6, 6.07) is 12.6. The molecule has 0 saturated carbocycles. The number of nitrogens with zero attached hydrogens (tertiary/aromatic N) is 2. The first-order chi connectivity index (χ1) is 15.5. The van der Waals surface area contributed by atoms with Crippen molar-refractivity contribution >= 4 is 11.8 Å². The van der Waals surface area contributed by atoms with Gasteiger partial charge in [-0.25, -0.2) is 0 Å². The molecule has 32 heavy (non-hydrogen) atoms. The average Bonchev–Trinajstić information content (AvgIpc) is 2.86. The first-order valence-electron chi connectivity index (χ1n) is 10.7. The number of rotatable bonds is 9. The van der Waals surface area contributed by atoms with Crippen LogP contribution in [0, 0.1) is 0 Å². The van der Waals surface area contributed by atoms with E-state index >= 15 is 0 Å². The van der Waals surface area contributed by atoms with E-state index in [1.807, 2.05) is 29.2 Å². The molecule has 1 aliphatic rings. The van der Waals surface area contributed by atoms with Crippen LogP contribution in [0.25, 0.3) is 0 Å². The summed E-state index contributed by atoms with van der Waals surface area (Å²) in [5, 5.41) is 3.25. The molecule has 1 heterocycles. The fraction of sp³-hybridized carbons (Fsp3) is 0.417. The monoisotopic (exact) mass is 441 g/mol. The van der Waals surface area contributed by atoms with Crippen molar-refractivity contribution in [3.05, 3.63) is 53.6 Å². The van der Waals surface area contributed by atoms with Crippen molar-refractivity contribution in [1.82, 2.24) is 15.1 Å². The van der Waals surface area contributed by atoms with Gasteiger partial charge in [-0.15, -0.1) is 0 Å². The number of methoxy groups -OCH3 is 3. The zero-order valence-corrected chi connectivity index (χ0v) is 18.9. The molecule has 172 valence electrons. The van der Waals surface area contributed by atoms with Crippen LogP contribution in [-0.2, 0) is 11.3 Å². The van der Waals surface area contributed by atoms with Gasteiger partial charge < -0.3 is 29.3 Å². The molecular weight excluding hydrogens is 410 g/mol. The van der Waals surface area contributed by atoms with E-state index in [2.05, 4.69) is 5.32 Å². The standard InChI is InChI=1S/C24H31N3O5/c1-30-20-14-19(15-21(16-20)31-2)24(29)27(17-18-6-4-5-7-22(18)32-3)11-8-23(28)26-12-9-25-10-13-26/h4-7,14-16,25H,8-13,17H2,1-3H3. The minimum absolute atomic E-state index is 0.0487.